The molecule has 102 valence electrons. The minimum absolute atomic E-state index is 0.138. The van der Waals surface area contributed by atoms with Gasteiger partial charge in [-0.15, -0.1) is 0 Å². The van der Waals surface area contributed by atoms with Gasteiger partial charge in [0.2, 0.25) is 5.91 Å². The lowest BCUT2D eigenvalue weighted by Gasteiger charge is -2.27. The van der Waals surface area contributed by atoms with Crippen molar-refractivity contribution in [2.75, 3.05) is 0 Å². The van der Waals surface area contributed by atoms with Gasteiger partial charge in [-0.3, -0.25) is 9.59 Å². The molecule has 0 aliphatic heterocycles. The Morgan fingerprint density at radius 1 is 1.37 bits per heavy atom. The van der Waals surface area contributed by atoms with Crippen LogP contribution in [0.2, 0.25) is 0 Å². The minimum Gasteiger partial charge on any atom is -0.481 e. The van der Waals surface area contributed by atoms with Gasteiger partial charge in [-0.25, -0.2) is 0 Å². The summed E-state index contributed by atoms with van der Waals surface area (Å²) in [7, 11) is 0. The Kier molecular flexibility index (Phi) is 4.16. The molecule has 0 spiro atoms. The summed E-state index contributed by atoms with van der Waals surface area (Å²) < 4.78 is 0. The van der Waals surface area contributed by atoms with Crippen LogP contribution in [0.5, 0.6) is 0 Å². The van der Waals surface area contributed by atoms with Gasteiger partial charge in [0.25, 0.3) is 0 Å². The predicted octanol–water partition coefficient (Wildman–Crippen LogP) is 1.02. The summed E-state index contributed by atoms with van der Waals surface area (Å²) in [5, 5.41) is 20.8. The lowest BCUT2D eigenvalue weighted by atomic mass is 9.87. The molecule has 0 radical (unpaired) electrons. The summed E-state index contributed by atoms with van der Waals surface area (Å²) in [6.45, 7) is 0. The van der Waals surface area contributed by atoms with Crippen LogP contribution in [0.25, 0.3) is 0 Å². The summed E-state index contributed by atoms with van der Waals surface area (Å²) >= 11 is 0. The molecular weight excluding hydrogens is 246 g/mol. The number of fused-ring (bicyclic) bond motifs is 1. The molecule has 0 heterocycles. The van der Waals surface area contributed by atoms with Gasteiger partial charge in [-0.1, -0.05) is 24.3 Å². The van der Waals surface area contributed by atoms with E-state index in [1.165, 1.54) is 5.56 Å². The standard InChI is InChI=1S/C14H17NO4/c16-12(8-13(17)18)14(19)15-11-7-3-5-9-4-1-2-6-10(9)11/h1-2,4,6,11-12,16H,3,5,7-8H2,(H,15,19)(H,17,18)/t11?,12-/m0/s1. The summed E-state index contributed by atoms with van der Waals surface area (Å²) in [6.07, 6.45) is 0.700. The van der Waals surface area contributed by atoms with E-state index in [-0.39, 0.29) is 6.04 Å². The molecule has 5 nitrogen and oxygen atoms in total. The topological polar surface area (TPSA) is 86.6 Å². The maximum absolute atomic E-state index is 11.7. The molecule has 1 amide bonds. The molecular formula is C14H17NO4. The number of aliphatic carboxylic acids is 1. The second-order valence-corrected chi connectivity index (χ2v) is 4.77. The number of nitrogens with one attached hydrogen (secondary N) is 1. The fourth-order valence-corrected chi connectivity index (χ4v) is 2.43. The van der Waals surface area contributed by atoms with Crippen LogP contribution in [-0.2, 0) is 16.0 Å². The van der Waals surface area contributed by atoms with E-state index >= 15 is 0 Å². The molecule has 0 saturated heterocycles. The Bertz CT molecular complexity index is 486. The first-order chi connectivity index (χ1) is 9.08. The highest BCUT2D eigenvalue weighted by molar-refractivity contribution is 5.85. The second kappa shape index (κ2) is 5.84. The van der Waals surface area contributed by atoms with E-state index in [1.807, 2.05) is 24.3 Å². The summed E-state index contributed by atoms with van der Waals surface area (Å²) in [5.41, 5.74) is 2.26. The number of benzene rings is 1. The van der Waals surface area contributed by atoms with Gasteiger partial charge in [0.15, 0.2) is 0 Å². The minimum atomic E-state index is -1.49. The third-order valence-electron chi connectivity index (χ3n) is 3.36. The van der Waals surface area contributed by atoms with Crippen LogP contribution in [0.4, 0.5) is 0 Å². The smallest absolute Gasteiger partial charge is 0.306 e. The van der Waals surface area contributed by atoms with Gasteiger partial charge in [0.05, 0.1) is 12.5 Å². The van der Waals surface area contributed by atoms with Gasteiger partial charge >= 0.3 is 5.97 Å². The number of hydrogen-bond acceptors (Lipinski definition) is 3. The van der Waals surface area contributed by atoms with Crippen molar-refractivity contribution < 1.29 is 19.8 Å². The predicted molar refractivity (Wildman–Crippen MR) is 68.5 cm³/mol. The van der Waals surface area contributed by atoms with Gasteiger partial charge in [0, 0.05) is 0 Å². The maximum atomic E-state index is 11.7. The number of aliphatic hydroxyl groups excluding tert-OH is 1. The molecule has 0 saturated carbocycles. The number of amides is 1. The first-order valence-electron chi connectivity index (χ1n) is 6.36. The van der Waals surface area contributed by atoms with Crippen molar-refractivity contribution in [3.8, 4) is 0 Å². The van der Waals surface area contributed by atoms with Gasteiger partial charge in [0.1, 0.15) is 6.10 Å². The van der Waals surface area contributed by atoms with Crippen LogP contribution in [0.15, 0.2) is 24.3 Å². The molecule has 1 aliphatic carbocycles. The zero-order valence-electron chi connectivity index (χ0n) is 10.5. The largest absolute Gasteiger partial charge is 0.481 e. The normalized spacial score (nSPS) is 19.3. The van der Waals surface area contributed by atoms with Crippen molar-refractivity contribution in [3.63, 3.8) is 0 Å². The Labute approximate surface area is 111 Å². The third-order valence-corrected chi connectivity index (χ3v) is 3.36. The number of carbonyl (C=O) groups is 2. The van der Waals surface area contributed by atoms with Crippen LogP contribution in [0.3, 0.4) is 0 Å². The van der Waals surface area contributed by atoms with E-state index in [4.69, 9.17) is 5.11 Å². The van der Waals surface area contributed by atoms with Crippen LogP contribution in [-0.4, -0.2) is 28.2 Å². The van der Waals surface area contributed by atoms with E-state index in [1.54, 1.807) is 0 Å². The first-order valence-corrected chi connectivity index (χ1v) is 6.36. The highest BCUT2D eigenvalue weighted by atomic mass is 16.4. The second-order valence-electron chi connectivity index (χ2n) is 4.77. The lowest BCUT2D eigenvalue weighted by Crippen LogP contribution is -2.39. The van der Waals surface area contributed by atoms with Crippen molar-refractivity contribution in [3.05, 3.63) is 35.4 Å². The number of aryl methyl sites for hydroxylation is 1. The number of carboxylic acid groups (broad SMARTS) is 1. The molecule has 1 unspecified atom stereocenters. The van der Waals surface area contributed by atoms with Crippen molar-refractivity contribution in [2.24, 2.45) is 0 Å². The van der Waals surface area contributed by atoms with E-state index < -0.39 is 24.4 Å². The zero-order valence-corrected chi connectivity index (χ0v) is 10.5. The summed E-state index contributed by atoms with van der Waals surface area (Å²) in [4.78, 5) is 22.2. The Hall–Kier alpha value is -1.88. The average molecular weight is 263 g/mol. The Morgan fingerprint density at radius 3 is 2.84 bits per heavy atom. The highest BCUT2D eigenvalue weighted by Crippen LogP contribution is 2.29. The van der Waals surface area contributed by atoms with Gasteiger partial charge < -0.3 is 15.5 Å². The van der Waals surface area contributed by atoms with Crippen LogP contribution >= 0.6 is 0 Å². The number of carboxylic acids is 1. The SMILES string of the molecule is O=C(O)C[C@H](O)C(=O)NC1CCCc2ccccc21. The molecule has 5 heteroatoms. The molecule has 19 heavy (non-hydrogen) atoms. The number of hydrogen-bond donors (Lipinski definition) is 3. The molecule has 0 bridgehead atoms. The molecule has 1 aliphatic rings. The van der Waals surface area contributed by atoms with E-state index in [2.05, 4.69) is 5.32 Å². The van der Waals surface area contributed by atoms with Crippen molar-refractivity contribution in [1.82, 2.24) is 5.32 Å². The molecule has 3 N–H and O–H groups in total. The molecule has 1 aromatic carbocycles. The molecule has 0 aromatic heterocycles. The van der Waals surface area contributed by atoms with Gasteiger partial charge in [-0.05, 0) is 30.4 Å². The first kappa shape index (κ1) is 13.5. The van der Waals surface area contributed by atoms with E-state index in [0.29, 0.717) is 0 Å². The zero-order chi connectivity index (χ0) is 13.8. The fraction of sp³-hybridized carbons (Fsp3) is 0.429. The van der Waals surface area contributed by atoms with E-state index in [9.17, 15) is 14.7 Å². The lowest BCUT2D eigenvalue weighted by molar-refractivity contribution is -0.144. The average Bonchev–Trinajstić information content (AvgIpc) is 2.38. The fourth-order valence-electron chi connectivity index (χ4n) is 2.43. The molecule has 2 rings (SSSR count). The Balaban J connectivity index is 2.04. The van der Waals surface area contributed by atoms with Crippen LogP contribution in [0, 0.1) is 0 Å². The molecule has 2 atom stereocenters. The maximum Gasteiger partial charge on any atom is 0.306 e. The number of aliphatic hydroxyl groups is 1. The molecule has 0 fully saturated rings. The monoisotopic (exact) mass is 263 g/mol. The Morgan fingerprint density at radius 2 is 2.11 bits per heavy atom. The van der Waals surface area contributed by atoms with Crippen molar-refractivity contribution in [2.45, 2.75) is 37.8 Å². The number of carbonyl (C=O) groups excluding carboxylic acids is 1. The number of rotatable bonds is 4. The van der Waals surface area contributed by atoms with Crippen LogP contribution in [0.1, 0.15) is 36.4 Å². The van der Waals surface area contributed by atoms with Crippen molar-refractivity contribution in [1.29, 1.82) is 0 Å². The summed E-state index contributed by atoms with van der Waals surface area (Å²) in [6, 6.07) is 7.73. The van der Waals surface area contributed by atoms with E-state index in [0.717, 1.165) is 24.8 Å². The van der Waals surface area contributed by atoms with Gasteiger partial charge in [-0.2, -0.15) is 0 Å². The van der Waals surface area contributed by atoms with Crippen LogP contribution < -0.4 is 5.32 Å². The quantitative estimate of drug-likeness (QED) is 0.756. The summed E-state index contributed by atoms with van der Waals surface area (Å²) in [5.74, 6) is -1.81. The molecule has 1 aromatic rings. The third kappa shape index (κ3) is 3.32. The van der Waals surface area contributed by atoms with Crippen molar-refractivity contribution >= 4 is 11.9 Å². The highest BCUT2D eigenvalue weighted by Gasteiger charge is 2.25.